The van der Waals surface area contributed by atoms with Crippen molar-refractivity contribution in [1.82, 2.24) is 0 Å². The topological polar surface area (TPSA) is 112 Å². The van der Waals surface area contributed by atoms with Gasteiger partial charge in [-0.05, 0) is 132 Å². The average Bonchev–Trinajstić information content (AvgIpc) is 3.27. The number of carbonyl (C=O) groups is 2. The standard InChI is InChI=1S/C56H72O8/c1-9-13-17-39-25-43-33-47-29-41(19-15-11-3)31-49(53(47)61-21-23-63-55(59)37(5)6)35-45-27-40(18-14-10-2)28-46(52(45)58)36-50-32-42(20-16-12-4)30-48(34-44(26-39)51(43)57)54(50)62-22-24-64-56(60)38(7)8/h25-32,57-58H,5,7,9-24,33-36H2,1-4,6,8H3. The van der Waals surface area contributed by atoms with E-state index < -0.39 is 11.9 Å². The molecule has 0 saturated heterocycles. The van der Waals surface area contributed by atoms with E-state index in [0.717, 1.165) is 133 Å². The molecule has 0 spiro atoms. The number of fused-ring (bicyclic) bond motifs is 8. The van der Waals surface area contributed by atoms with Crippen molar-refractivity contribution >= 4 is 11.9 Å². The summed E-state index contributed by atoms with van der Waals surface area (Å²) in [6, 6.07) is 17.4. The lowest BCUT2D eigenvalue weighted by Crippen LogP contribution is -2.15. The summed E-state index contributed by atoms with van der Waals surface area (Å²) in [6.45, 7) is 19.8. The summed E-state index contributed by atoms with van der Waals surface area (Å²) < 4.78 is 24.3. The minimum atomic E-state index is -0.467. The Balaban J connectivity index is 1.78. The minimum absolute atomic E-state index is 0.0463. The van der Waals surface area contributed by atoms with Crippen LogP contribution in [0.2, 0.25) is 0 Å². The first kappa shape index (κ1) is 49.5. The maximum absolute atomic E-state index is 12.4. The van der Waals surface area contributed by atoms with E-state index in [1.165, 1.54) is 11.1 Å². The molecule has 0 aromatic heterocycles. The number of hydrogen-bond donors (Lipinski definition) is 2. The van der Waals surface area contributed by atoms with Gasteiger partial charge in [0.1, 0.15) is 49.4 Å². The minimum Gasteiger partial charge on any atom is -0.507 e. The molecule has 8 nitrogen and oxygen atoms in total. The number of unbranched alkanes of at least 4 members (excludes halogenated alkanes) is 4. The highest BCUT2D eigenvalue weighted by Crippen LogP contribution is 2.41. The van der Waals surface area contributed by atoms with Crippen molar-refractivity contribution in [3.63, 3.8) is 0 Å². The molecule has 0 heterocycles. The van der Waals surface area contributed by atoms with Gasteiger partial charge in [-0.15, -0.1) is 0 Å². The molecule has 344 valence electrons. The Morgan fingerprint density at radius 1 is 0.453 bits per heavy atom. The molecule has 4 aromatic rings. The number of aromatic hydroxyl groups is 2. The Hall–Kier alpha value is -5.50. The van der Waals surface area contributed by atoms with Crippen LogP contribution in [0.25, 0.3) is 0 Å². The van der Waals surface area contributed by atoms with Crippen LogP contribution >= 0.6 is 0 Å². The second-order valence-electron chi connectivity index (χ2n) is 17.7. The van der Waals surface area contributed by atoms with Crippen molar-refractivity contribution in [3.8, 4) is 23.0 Å². The van der Waals surface area contributed by atoms with Gasteiger partial charge >= 0.3 is 11.9 Å². The van der Waals surface area contributed by atoms with Crippen molar-refractivity contribution < 1.29 is 38.7 Å². The fourth-order valence-corrected chi connectivity index (χ4v) is 8.48. The molecule has 8 heteroatoms. The molecule has 0 aliphatic heterocycles. The second-order valence-corrected chi connectivity index (χ2v) is 17.7. The Bertz CT molecular complexity index is 2010. The lowest BCUT2D eigenvalue weighted by atomic mass is 9.87. The largest absolute Gasteiger partial charge is 0.507 e. The number of ether oxygens (including phenoxy) is 4. The van der Waals surface area contributed by atoms with Crippen LogP contribution in [0, 0.1) is 0 Å². The summed E-state index contributed by atoms with van der Waals surface area (Å²) >= 11 is 0. The molecule has 1 aliphatic carbocycles. The van der Waals surface area contributed by atoms with E-state index in [1.54, 1.807) is 13.8 Å². The van der Waals surface area contributed by atoms with Crippen LogP contribution < -0.4 is 9.47 Å². The number of carbonyl (C=O) groups excluding carboxylic acids is 2. The summed E-state index contributed by atoms with van der Waals surface area (Å²) in [7, 11) is 0. The van der Waals surface area contributed by atoms with Gasteiger partial charge in [0.2, 0.25) is 0 Å². The van der Waals surface area contributed by atoms with Crippen molar-refractivity contribution in [2.75, 3.05) is 26.4 Å². The molecule has 0 radical (unpaired) electrons. The summed E-state index contributed by atoms with van der Waals surface area (Å²) in [4.78, 5) is 24.7. The number of esters is 2. The first-order valence-corrected chi connectivity index (χ1v) is 23.7. The van der Waals surface area contributed by atoms with Crippen LogP contribution in [0.15, 0.2) is 72.8 Å². The Morgan fingerprint density at radius 2 is 0.703 bits per heavy atom. The van der Waals surface area contributed by atoms with Crippen LogP contribution in [0.4, 0.5) is 0 Å². The highest BCUT2D eigenvalue weighted by Gasteiger charge is 2.24. The third-order valence-corrected chi connectivity index (χ3v) is 11.9. The molecule has 8 bridgehead atoms. The summed E-state index contributed by atoms with van der Waals surface area (Å²) in [5, 5.41) is 24.8. The van der Waals surface area contributed by atoms with Gasteiger partial charge in [-0.1, -0.05) is 115 Å². The first-order chi connectivity index (χ1) is 30.8. The van der Waals surface area contributed by atoms with Gasteiger partial charge in [-0.3, -0.25) is 0 Å². The Labute approximate surface area is 382 Å². The van der Waals surface area contributed by atoms with Gasteiger partial charge in [0, 0.05) is 36.8 Å². The quantitative estimate of drug-likeness (QED) is 0.0402. The third kappa shape index (κ3) is 13.8. The molecule has 5 rings (SSSR count). The van der Waals surface area contributed by atoms with Crippen LogP contribution in [-0.4, -0.2) is 48.6 Å². The predicted molar refractivity (Wildman–Crippen MR) is 257 cm³/mol. The second kappa shape index (κ2) is 24.5. The molecule has 64 heavy (non-hydrogen) atoms. The van der Waals surface area contributed by atoms with Crippen LogP contribution in [0.3, 0.4) is 0 Å². The number of phenols is 2. The van der Waals surface area contributed by atoms with Gasteiger partial charge in [-0.25, -0.2) is 9.59 Å². The van der Waals surface area contributed by atoms with E-state index >= 15 is 0 Å². The third-order valence-electron chi connectivity index (χ3n) is 11.9. The zero-order chi connectivity index (χ0) is 46.2. The van der Waals surface area contributed by atoms with Crippen molar-refractivity contribution in [1.29, 1.82) is 0 Å². The van der Waals surface area contributed by atoms with Crippen LogP contribution in [0.5, 0.6) is 23.0 Å². The van der Waals surface area contributed by atoms with E-state index in [9.17, 15) is 19.8 Å². The molecule has 1 aliphatic rings. The Morgan fingerprint density at radius 3 is 0.938 bits per heavy atom. The van der Waals surface area contributed by atoms with E-state index in [0.29, 0.717) is 48.3 Å². The molecular weight excluding hydrogens is 801 g/mol. The number of aryl methyl sites for hydroxylation is 4. The zero-order valence-electron chi connectivity index (χ0n) is 39.5. The monoisotopic (exact) mass is 873 g/mol. The number of hydrogen-bond acceptors (Lipinski definition) is 8. The maximum atomic E-state index is 12.4. The normalized spacial score (nSPS) is 12.1. The maximum Gasteiger partial charge on any atom is 0.333 e. The van der Waals surface area contributed by atoms with Crippen molar-refractivity contribution in [2.45, 2.75) is 144 Å². The zero-order valence-corrected chi connectivity index (χ0v) is 39.5. The number of rotatable bonds is 22. The molecule has 0 atom stereocenters. The number of phenolic OH excluding ortho intramolecular Hbond substituents is 2. The fourth-order valence-electron chi connectivity index (χ4n) is 8.48. The van der Waals surface area contributed by atoms with Crippen molar-refractivity contribution in [3.05, 3.63) is 140 Å². The summed E-state index contributed by atoms with van der Waals surface area (Å²) in [5.74, 6) is 0.883. The van der Waals surface area contributed by atoms with Crippen LogP contribution in [0.1, 0.15) is 160 Å². The number of benzene rings is 4. The molecule has 0 amide bonds. The molecule has 0 unspecified atom stereocenters. The lowest BCUT2D eigenvalue weighted by Gasteiger charge is -2.23. The first-order valence-electron chi connectivity index (χ1n) is 23.7. The average molecular weight is 873 g/mol. The summed E-state index contributed by atoms with van der Waals surface area (Å²) in [6.07, 6.45) is 13.3. The highest BCUT2D eigenvalue weighted by molar-refractivity contribution is 5.87. The van der Waals surface area contributed by atoms with Gasteiger partial charge in [0.05, 0.1) is 0 Å². The van der Waals surface area contributed by atoms with E-state index in [4.69, 9.17) is 18.9 Å². The van der Waals surface area contributed by atoms with Gasteiger partial charge in [-0.2, -0.15) is 0 Å². The Kier molecular flexibility index (Phi) is 19.0. The summed E-state index contributed by atoms with van der Waals surface area (Å²) in [5.41, 5.74) is 12.2. The fraction of sp³-hybridized carbons (Fsp3) is 0.464. The molecule has 4 aromatic carbocycles. The van der Waals surface area contributed by atoms with E-state index in [-0.39, 0.29) is 37.9 Å². The van der Waals surface area contributed by atoms with Crippen molar-refractivity contribution in [2.24, 2.45) is 0 Å². The molecular formula is C56H72O8. The molecule has 0 fully saturated rings. The van der Waals surface area contributed by atoms with Gasteiger partial charge in [0.15, 0.2) is 0 Å². The molecule has 2 N–H and O–H groups in total. The highest BCUT2D eigenvalue weighted by atomic mass is 16.6. The van der Waals surface area contributed by atoms with E-state index in [2.05, 4.69) is 89.4 Å². The van der Waals surface area contributed by atoms with E-state index in [1.807, 2.05) is 0 Å². The predicted octanol–water partition coefficient (Wildman–Crippen LogP) is 12.1. The SMILES string of the molecule is C=C(C)C(=O)OCCOc1c2cc(CCCC)cc1Cc1cc(CCCC)cc(c1O)Cc1cc(CCCC)cc(c1OCCOC(=O)C(=C)C)Cc1cc(CCCC)cc(c1O)C2. The van der Waals surface area contributed by atoms with Gasteiger partial charge < -0.3 is 29.2 Å². The smallest absolute Gasteiger partial charge is 0.333 e. The van der Waals surface area contributed by atoms with Gasteiger partial charge in [0.25, 0.3) is 0 Å². The van der Waals surface area contributed by atoms with Crippen LogP contribution in [-0.2, 0) is 70.4 Å². The molecule has 0 saturated carbocycles. The lowest BCUT2D eigenvalue weighted by molar-refractivity contribution is -0.140.